The van der Waals surface area contributed by atoms with E-state index in [1.54, 1.807) is 12.1 Å². The molecule has 0 heterocycles. The number of carbonyl (C=O) groups is 1. The molecule has 1 amide bonds. The highest BCUT2D eigenvalue weighted by Crippen LogP contribution is 2.19. The summed E-state index contributed by atoms with van der Waals surface area (Å²) in [6.07, 6.45) is 2.59. The fourth-order valence-corrected chi connectivity index (χ4v) is 2.50. The van der Waals surface area contributed by atoms with Gasteiger partial charge < -0.3 is 5.11 Å². The molecule has 106 valence electrons. The largest absolute Gasteiger partial charge is 0.508 e. The number of aryl methyl sites for hydroxylation is 1. The van der Waals surface area contributed by atoms with Gasteiger partial charge in [0.25, 0.3) is 5.91 Å². The van der Waals surface area contributed by atoms with Crippen LogP contribution in [0.25, 0.3) is 0 Å². The fraction of sp³-hybridized carbons (Fsp3) is 0.176. The zero-order valence-corrected chi connectivity index (χ0v) is 11.5. The third kappa shape index (κ3) is 3.11. The van der Waals surface area contributed by atoms with Crippen LogP contribution < -0.4 is 5.43 Å². The van der Waals surface area contributed by atoms with E-state index < -0.39 is 0 Å². The van der Waals surface area contributed by atoms with Gasteiger partial charge in [-0.25, -0.2) is 5.43 Å². The molecule has 0 bridgehead atoms. The van der Waals surface area contributed by atoms with Crippen molar-refractivity contribution in [2.24, 2.45) is 5.10 Å². The summed E-state index contributed by atoms with van der Waals surface area (Å²) in [6.45, 7) is 0. The van der Waals surface area contributed by atoms with Gasteiger partial charge in [-0.05, 0) is 42.2 Å². The minimum absolute atomic E-state index is 0.0712. The Hall–Kier alpha value is -2.62. The monoisotopic (exact) mass is 280 g/mol. The number of fused-ring (bicyclic) bond motifs is 1. The minimum Gasteiger partial charge on any atom is -0.508 e. The van der Waals surface area contributed by atoms with E-state index >= 15 is 0 Å². The lowest BCUT2D eigenvalue weighted by Gasteiger charge is -2.17. The molecule has 0 spiro atoms. The molecule has 4 heteroatoms. The van der Waals surface area contributed by atoms with Crippen LogP contribution in [0.1, 0.15) is 27.9 Å². The van der Waals surface area contributed by atoms with E-state index in [0.717, 1.165) is 25.0 Å². The molecule has 0 atom stereocenters. The number of rotatable bonds is 2. The predicted molar refractivity (Wildman–Crippen MR) is 81.5 cm³/mol. The summed E-state index contributed by atoms with van der Waals surface area (Å²) in [5.41, 5.74) is 6.57. The summed E-state index contributed by atoms with van der Waals surface area (Å²) in [5.74, 6) is -0.237. The van der Waals surface area contributed by atoms with E-state index in [-0.39, 0.29) is 11.7 Å². The third-order valence-corrected chi connectivity index (χ3v) is 3.62. The van der Waals surface area contributed by atoms with Gasteiger partial charge in [-0.2, -0.15) is 5.10 Å². The average molecular weight is 280 g/mol. The van der Waals surface area contributed by atoms with Crippen LogP contribution in [-0.4, -0.2) is 16.7 Å². The second-order valence-corrected chi connectivity index (χ2v) is 5.11. The average Bonchev–Trinajstić information content (AvgIpc) is 2.52. The number of hydrogen-bond acceptors (Lipinski definition) is 3. The normalized spacial score (nSPS) is 15.5. The zero-order chi connectivity index (χ0) is 14.7. The second kappa shape index (κ2) is 5.79. The molecule has 0 saturated heterocycles. The van der Waals surface area contributed by atoms with Gasteiger partial charge in [0.1, 0.15) is 5.75 Å². The molecule has 1 aliphatic carbocycles. The zero-order valence-electron chi connectivity index (χ0n) is 11.5. The van der Waals surface area contributed by atoms with Gasteiger partial charge in [0.05, 0.1) is 0 Å². The first kappa shape index (κ1) is 13.4. The third-order valence-electron chi connectivity index (χ3n) is 3.62. The number of nitrogens with one attached hydrogen (secondary N) is 1. The Morgan fingerprint density at radius 1 is 1.05 bits per heavy atom. The molecule has 3 rings (SSSR count). The van der Waals surface area contributed by atoms with Crippen molar-refractivity contribution in [1.82, 2.24) is 5.43 Å². The molecule has 4 nitrogen and oxygen atoms in total. The van der Waals surface area contributed by atoms with Crippen LogP contribution in [0.5, 0.6) is 5.75 Å². The molecule has 0 fully saturated rings. The van der Waals surface area contributed by atoms with Gasteiger partial charge >= 0.3 is 0 Å². The molecule has 2 aromatic carbocycles. The maximum atomic E-state index is 12.0. The van der Waals surface area contributed by atoms with E-state index in [0.29, 0.717) is 5.56 Å². The number of nitrogens with zero attached hydrogens (tertiary/aromatic N) is 1. The first-order valence-corrected chi connectivity index (χ1v) is 6.94. The van der Waals surface area contributed by atoms with Crippen LogP contribution in [0.4, 0.5) is 0 Å². The van der Waals surface area contributed by atoms with Crippen LogP contribution in [-0.2, 0) is 12.8 Å². The molecule has 0 aromatic heterocycles. The molecule has 0 saturated carbocycles. The number of phenols is 1. The summed E-state index contributed by atoms with van der Waals surface area (Å²) in [7, 11) is 0. The van der Waals surface area contributed by atoms with Crippen molar-refractivity contribution < 1.29 is 9.90 Å². The lowest BCUT2D eigenvalue weighted by atomic mass is 9.90. The van der Waals surface area contributed by atoms with E-state index in [1.807, 2.05) is 12.1 Å². The molecular formula is C17H16N2O2. The Bertz CT molecular complexity index is 707. The van der Waals surface area contributed by atoms with Crippen molar-refractivity contribution in [2.75, 3.05) is 0 Å². The Morgan fingerprint density at radius 2 is 1.86 bits per heavy atom. The first-order valence-electron chi connectivity index (χ1n) is 6.94. The summed E-state index contributed by atoms with van der Waals surface area (Å²) >= 11 is 0. The van der Waals surface area contributed by atoms with Crippen LogP contribution in [0.3, 0.4) is 0 Å². The summed E-state index contributed by atoms with van der Waals surface area (Å²) in [4.78, 5) is 12.0. The Balaban J connectivity index is 1.69. The fourth-order valence-electron chi connectivity index (χ4n) is 2.50. The van der Waals surface area contributed by atoms with Gasteiger partial charge in [-0.15, -0.1) is 0 Å². The molecule has 0 aliphatic heterocycles. The van der Waals surface area contributed by atoms with Crippen LogP contribution in [0, 0.1) is 0 Å². The molecule has 21 heavy (non-hydrogen) atoms. The highest BCUT2D eigenvalue weighted by atomic mass is 16.3. The van der Waals surface area contributed by atoms with Crippen molar-refractivity contribution >= 4 is 11.6 Å². The van der Waals surface area contributed by atoms with Crippen molar-refractivity contribution in [2.45, 2.75) is 19.3 Å². The second-order valence-electron chi connectivity index (χ2n) is 5.11. The number of benzene rings is 2. The van der Waals surface area contributed by atoms with Gasteiger partial charge in [0.2, 0.25) is 0 Å². The molecular weight excluding hydrogens is 264 g/mol. The minimum atomic E-state index is -0.308. The molecule has 0 unspecified atom stereocenters. The van der Waals surface area contributed by atoms with Crippen molar-refractivity contribution in [3.05, 3.63) is 65.2 Å². The Labute approximate surface area is 123 Å². The molecule has 1 aliphatic rings. The summed E-state index contributed by atoms with van der Waals surface area (Å²) < 4.78 is 0. The standard InChI is InChI=1S/C17H16N2O2/c20-16-7-3-6-14(11-16)17(21)19-18-15-9-8-12-4-1-2-5-13(12)10-15/h1-7,11,20H,8-10H2,(H,19,21)/b18-15-. The van der Waals surface area contributed by atoms with Crippen LogP contribution in [0.2, 0.25) is 0 Å². The summed E-state index contributed by atoms with van der Waals surface area (Å²) in [5, 5.41) is 13.6. The quantitative estimate of drug-likeness (QED) is 0.831. The van der Waals surface area contributed by atoms with Crippen LogP contribution >= 0.6 is 0 Å². The van der Waals surface area contributed by atoms with E-state index in [9.17, 15) is 9.90 Å². The number of hydrazone groups is 1. The van der Waals surface area contributed by atoms with Gasteiger partial charge in [-0.1, -0.05) is 30.3 Å². The van der Waals surface area contributed by atoms with E-state index in [1.165, 1.54) is 23.3 Å². The maximum absolute atomic E-state index is 12.0. The number of hydrogen-bond donors (Lipinski definition) is 2. The first-order chi connectivity index (χ1) is 10.2. The van der Waals surface area contributed by atoms with Crippen molar-refractivity contribution in [1.29, 1.82) is 0 Å². The molecule has 0 radical (unpaired) electrons. The number of phenolic OH excluding ortho intramolecular Hbond substituents is 1. The number of amides is 1. The van der Waals surface area contributed by atoms with E-state index in [2.05, 4.69) is 22.7 Å². The maximum Gasteiger partial charge on any atom is 0.271 e. The van der Waals surface area contributed by atoms with Crippen LogP contribution in [0.15, 0.2) is 53.6 Å². The van der Waals surface area contributed by atoms with Gasteiger partial charge in [0, 0.05) is 17.7 Å². The predicted octanol–water partition coefficient (Wildman–Crippen LogP) is 2.67. The van der Waals surface area contributed by atoms with E-state index in [4.69, 9.17) is 0 Å². The smallest absolute Gasteiger partial charge is 0.271 e. The highest BCUT2D eigenvalue weighted by Gasteiger charge is 2.14. The van der Waals surface area contributed by atoms with Gasteiger partial charge in [0.15, 0.2) is 0 Å². The SMILES string of the molecule is O=C(N/N=C1/CCc2ccccc2C1)c1cccc(O)c1. The number of carbonyl (C=O) groups excluding carboxylic acids is 1. The van der Waals surface area contributed by atoms with Crippen molar-refractivity contribution in [3.63, 3.8) is 0 Å². The Morgan fingerprint density at radius 3 is 2.67 bits per heavy atom. The summed E-state index contributed by atoms with van der Waals surface area (Å²) in [6, 6.07) is 14.5. The lowest BCUT2D eigenvalue weighted by Crippen LogP contribution is -2.22. The highest BCUT2D eigenvalue weighted by molar-refractivity contribution is 5.96. The topological polar surface area (TPSA) is 61.7 Å². The molecule has 2 aromatic rings. The number of aromatic hydroxyl groups is 1. The van der Waals surface area contributed by atoms with Gasteiger partial charge in [-0.3, -0.25) is 4.79 Å². The lowest BCUT2D eigenvalue weighted by molar-refractivity contribution is 0.0954. The Kier molecular flexibility index (Phi) is 3.69. The molecule has 2 N–H and O–H groups in total. The van der Waals surface area contributed by atoms with Crippen molar-refractivity contribution in [3.8, 4) is 5.75 Å².